The van der Waals surface area contributed by atoms with Gasteiger partial charge in [0.05, 0.1) is 12.1 Å². The molecule has 0 aliphatic rings. The van der Waals surface area contributed by atoms with Crippen LogP contribution in [0.15, 0.2) is 47.6 Å². The highest BCUT2D eigenvalue weighted by Crippen LogP contribution is 2.26. The molecule has 104 valence electrons. The van der Waals surface area contributed by atoms with E-state index in [0.29, 0.717) is 11.4 Å². The highest BCUT2D eigenvalue weighted by Gasteiger charge is 2.08. The number of carbonyl (C=O) groups is 1. The van der Waals surface area contributed by atoms with Gasteiger partial charge >= 0.3 is 0 Å². The highest BCUT2D eigenvalue weighted by atomic mass is 32.2. The fraction of sp³-hybridized carbons (Fsp3) is 0.143. The lowest BCUT2D eigenvalue weighted by atomic mass is 10.1. The second-order valence-corrected chi connectivity index (χ2v) is 5.16. The van der Waals surface area contributed by atoms with Gasteiger partial charge < -0.3 is 5.73 Å². The zero-order valence-electron chi connectivity index (χ0n) is 10.9. The molecule has 0 fully saturated rings. The van der Waals surface area contributed by atoms with Crippen LogP contribution in [0.25, 0.3) is 0 Å². The standard InChI is InChI=1S/C14H16N4OS/c15-12-6-3-7-17-14(12)20-9-11-5-2-1-4-10(11)8-13(19)18-16/h1-7H,8-9,15-16H2,(H,18,19). The largest absolute Gasteiger partial charge is 0.397 e. The summed E-state index contributed by atoms with van der Waals surface area (Å²) in [5, 5.41) is 0.797. The van der Waals surface area contributed by atoms with Gasteiger partial charge in [0.25, 0.3) is 0 Å². The van der Waals surface area contributed by atoms with Crippen LogP contribution in [0.2, 0.25) is 0 Å². The van der Waals surface area contributed by atoms with Gasteiger partial charge in [-0.25, -0.2) is 10.8 Å². The number of aromatic nitrogens is 1. The fourth-order valence-electron chi connectivity index (χ4n) is 1.76. The number of hydrogen-bond acceptors (Lipinski definition) is 5. The molecule has 5 N–H and O–H groups in total. The average Bonchev–Trinajstić information content (AvgIpc) is 2.47. The van der Waals surface area contributed by atoms with Crippen molar-refractivity contribution in [2.75, 3.05) is 5.73 Å². The number of nitrogens with two attached hydrogens (primary N) is 2. The summed E-state index contributed by atoms with van der Waals surface area (Å²) in [5.74, 6) is 5.62. The van der Waals surface area contributed by atoms with Crippen LogP contribution in [0.3, 0.4) is 0 Å². The Morgan fingerprint density at radius 2 is 1.95 bits per heavy atom. The normalized spacial score (nSPS) is 10.2. The van der Waals surface area contributed by atoms with Gasteiger partial charge in [0, 0.05) is 11.9 Å². The smallest absolute Gasteiger partial charge is 0.238 e. The molecule has 0 spiro atoms. The Bertz CT molecular complexity index is 603. The molecule has 0 unspecified atom stereocenters. The Hall–Kier alpha value is -2.05. The quantitative estimate of drug-likeness (QED) is 0.335. The number of rotatable bonds is 5. The van der Waals surface area contributed by atoms with Gasteiger partial charge in [-0.15, -0.1) is 0 Å². The van der Waals surface area contributed by atoms with E-state index in [1.165, 1.54) is 0 Å². The van der Waals surface area contributed by atoms with Crippen molar-refractivity contribution < 1.29 is 4.79 Å². The average molecular weight is 288 g/mol. The Morgan fingerprint density at radius 1 is 1.20 bits per heavy atom. The molecule has 5 nitrogen and oxygen atoms in total. The molecule has 0 bridgehead atoms. The lowest BCUT2D eigenvalue weighted by Gasteiger charge is -2.09. The number of nitrogen functional groups attached to an aromatic ring is 1. The molecule has 0 atom stereocenters. The number of hydrazine groups is 1. The lowest BCUT2D eigenvalue weighted by Crippen LogP contribution is -2.31. The molecular formula is C14H16N4OS. The number of amides is 1. The van der Waals surface area contributed by atoms with E-state index in [2.05, 4.69) is 10.4 Å². The number of pyridine rings is 1. The Labute approximate surface area is 121 Å². The monoisotopic (exact) mass is 288 g/mol. The van der Waals surface area contributed by atoms with Gasteiger partial charge in [0.2, 0.25) is 5.91 Å². The summed E-state index contributed by atoms with van der Waals surface area (Å²) in [6.45, 7) is 0. The van der Waals surface area contributed by atoms with Crippen LogP contribution in [0, 0.1) is 0 Å². The third-order valence-corrected chi connectivity index (χ3v) is 3.87. The van der Waals surface area contributed by atoms with E-state index < -0.39 is 0 Å². The second-order valence-electron chi connectivity index (χ2n) is 4.20. The number of nitrogens with zero attached hydrogens (tertiary/aromatic N) is 1. The maximum absolute atomic E-state index is 11.4. The van der Waals surface area contributed by atoms with Gasteiger partial charge in [0.1, 0.15) is 5.03 Å². The van der Waals surface area contributed by atoms with Gasteiger partial charge in [-0.1, -0.05) is 36.0 Å². The topological polar surface area (TPSA) is 94.0 Å². The van der Waals surface area contributed by atoms with Crippen molar-refractivity contribution in [3.8, 4) is 0 Å². The minimum absolute atomic E-state index is 0.209. The molecule has 1 heterocycles. The van der Waals surface area contributed by atoms with E-state index in [0.717, 1.165) is 16.2 Å². The van der Waals surface area contributed by atoms with Crippen molar-refractivity contribution in [3.63, 3.8) is 0 Å². The van der Waals surface area contributed by atoms with E-state index in [1.807, 2.05) is 30.3 Å². The lowest BCUT2D eigenvalue weighted by molar-refractivity contribution is -0.120. The second kappa shape index (κ2) is 6.93. The maximum atomic E-state index is 11.4. The molecule has 6 heteroatoms. The molecule has 0 saturated carbocycles. The van der Waals surface area contributed by atoms with E-state index in [-0.39, 0.29) is 12.3 Å². The van der Waals surface area contributed by atoms with Crippen LogP contribution in [0.4, 0.5) is 5.69 Å². The third kappa shape index (κ3) is 3.72. The Kier molecular flexibility index (Phi) is 4.97. The highest BCUT2D eigenvalue weighted by molar-refractivity contribution is 7.98. The number of thioether (sulfide) groups is 1. The fourth-order valence-corrected chi connectivity index (χ4v) is 2.71. The van der Waals surface area contributed by atoms with E-state index in [9.17, 15) is 4.79 Å². The molecule has 1 aromatic heterocycles. The van der Waals surface area contributed by atoms with E-state index in [4.69, 9.17) is 11.6 Å². The first-order chi connectivity index (χ1) is 9.70. The maximum Gasteiger partial charge on any atom is 0.238 e. The summed E-state index contributed by atoms with van der Waals surface area (Å²) in [5.41, 5.74) is 10.7. The predicted octanol–water partition coefficient (Wildman–Crippen LogP) is 1.49. The summed E-state index contributed by atoms with van der Waals surface area (Å²) >= 11 is 1.55. The molecule has 0 saturated heterocycles. The number of carbonyl (C=O) groups excluding carboxylic acids is 1. The first-order valence-electron chi connectivity index (χ1n) is 6.10. The zero-order chi connectivity index (χ0) is 14.4. The minimum atomic E-state index is -0.209. The van der Waals surface area contributed by atoms with Crippen LogP contribution in [-0.2, 0) is 17.0 Å². The van der Waals surface area contributed by atoms with Crippen LogP contribution < -0.4 is 17.0 Å². The van der Waals surface area contributed by atoms with Crippen molar-refractivity contribution in [2.24, 2.45) is 5.84 Å². The molecule has 0 radical (unpaired) electrons. The van der Waals surface area contributed by atoms with Crippen LogP contribution in [-0.4, -0.2) is 10.9 Å². The first kappa shape index (κ1) is 14.4. The third-order valence-electron chi connectivity index (χ3n) is 2.80. The van der Waals surface area contributed by atoms with Crippen LogP contribution >= 0.6 is 11.8 Å². The van der Waals surface area contributed by atoms with Gasteiger partial charge in [-0.05, 0) is 23.3 Å². The van der Waals surface area contributed by atoms with Crippen molar-refractivity contribution in [1.82, 2.24) is 10.4 Å². The molecule has 1 aromatic carbocycles. The summed E-state index contributed by atoms with van der Waals surface area (Å²) in [6, 6.07) is 11.4. The van der Waals surface area contributed by atoms with E-state index in [1.54, 1.807) is 24.0 Å². The molecule has 1 amide bonds. The summed E-state index contributed by atoms with van der Waals surface area (Å²) < 4.78 is 0. The molecule has 0 aliphatic heterocycles. The molecule has 0 aliphatic carbocycles. The van der Waals surface area contributed by atoms with Crippen molar-refractivity contribution in [2.45, 2.75) is 17.2 Å². The van der Waals surface area contributed by atoms with E-state index >= 15 is 0 Å². The molecule has 20 heavy (non-hydrogen) atoms. The van der Waals surface area contributed by atoms with Crippen LogP contribution in [0.1, 0.15) is 11.1 Å². The van der Waals surface area contributed by atoms with Crippen molar-refractivity contribution >= 4 is 23.4 Å². The molecule has 2 rings (SSSR count). The van der Waals surface area contributed by atoms with Crippen molar-refractivity contribution in [3.05, 3.63) is 53.7 Å². The number of nitrogens with one attached hydrogen (secondary N) is 1. The summed E-state index contributed by atoms with van der Waals surface area (Å²) in [7, 11) is 0. The summed E-state index contributed by atoms with van der Waals surface area (Å²) in [4.78, 5) is 15.6. The first-order valence-corrected chi connectivity index (χ1v) is 7.09. The van der Waals surface area contributed by atoms with Crippen LogP contribution in [0.5, 0.6) is 0 Å². The van der Waals surface area contributed by atoms with Gasteiger partial charge in [-0.2, -0.15) is 0 Å². The molecule has 2 aromatic rings. The molecular weight excluding hydrogens is 272 g/mol. The number of benzene rings is 1. The predicted molar refractivity (Wildman–Crippen MR) is 80.7 cm³/mol. The Morgan fingerprint density at radius 3 is 2.65 bits per heavy atom. The van der Waals surface area contributed by atoms with Gasteiger partial charge in [-0.3, -0.25) is 10.2 Å². The Balaban J connectivity index is 2.10. The number of anilines is 1. The van der Waals surface area contributed by atoms with Crippen molar-refractivity contribution in [1.29, 1.82) is 0 Å². The SMILES string of the molecule is NNC(=O)Cc1ccccc1CSc1ncccc1N. The minimum Gasteiger partial charge on any atom is -0.397 e. The zero-order valence-corrected chi connectivity index (χ0v) is 11.7. The number of hydrogen-bond donors (Lipinski definition) is 3. The van der Waals surface area contributed by atoms with Gasteiger partial charge in [0.15, 0.2) is 0 Å². The summed E-state index contributed by atoms with van der Waals surface area (Å²) in [6.07, 6.45) is 1.98.